The van der Waals surface area contributed by atoms with Crippen molar-refractivity contribution < 1.29 is 23.0 Å². The van der Waals surface area contributed by atoms with E-state index in [1.54, 1.807) is 17.1 Å². The van der Waals surface area contributed by atoms with Gasteiger partial charge in [0.15, 0.2) is 11.5 Å². The number of nitrogens with zero attached hydrogens (tertiary/aromatic N) is 2. The fourth-order valence-corrected chi connectivity index (χ4v) is 3.91. The van der Waals surface area contributed by atoms with E-state index in [2.05, 4.69) is 29.7 Å². The number of H-pyrrole nitrogens is 1. The van der Waals surface area contributed by atoms with Gasteiger partial charge in [-0.05, 0) is 12.3 Å². The van der Waals surface area contributed by atoms with Gasteiger partial charge in [-0.2, -0.15) is 0 Å². The molecule has 140 valence electrons. The van der Waals surface area contributed by atoms with Crippen molar-refractivity contribution in [1.29, 1.82) is 0 Å². The predicted molar refractivity (Wildman–Crippen MR) is 98.5 cm³/mol. The number of alkyl halides is 2. The van der Waals surface area contributed by atoms with Crippen LogP contribution in [0.15, 0.2) is 29.0 Å². The molecular weight excluding hydrogens is 398 g/mol. The van der Waals surface area contributed by atoms with Gasteiger partial charge in [0.05, 0.1) is 11.0 Å². The molecule has 1 aromatic carbocycles. The normalized spacial score (nSPS) is 14.9. The fraction of sp³-hybridized carbons (Fsp3) is 0.188. The summed E-state index contributed by atoms with van der Waals surface area (Å²) in [4.78, 5) is 23.6. The van der Waals surface area contributed by atoms with Gasteiger partial charge >= 0.3 is 6.29 Å². The summed E-state index contributed by atoms with van der Waals surface area (Å²) >= 11 is 2.99. The number of aromatic nitrogens is 3. The van der Waals surface area contributed by atoms with Gasteiger partial charge in [-0.25, -0.2) is 9.97 Å². The molecule has 2 N–H and O–H groups in total. The molecule has 1 amide bonds. The maximum absolute atomic E-state index is 13.1. The van der Waals surface area contributed by atoms with Crippen LogP contribution in [0.2, 0.25) is 0 Å². The number of benzene rings is 1. The zero-order valence-electron chi connectivity index (χ0n) is 13.8. The van der Waals surface area contributed by atoms with Gasteiger partial charge in [0.2, 0.25) is 5.95 Å². The number of nitrogens with one attached hydrogen (secondary N) is 2. The van der Waals surface area contributed by atoms with Crippen LogP contribution in [-0.2, 0) is 5.75 Å². The summed E-state index contributed by atoms with van der Waals surface area (Å²) in [5.74, 6) is 0.224. The average Bonchev–Trinajstić information content (AvgIpc) is 3.27. The summed E-state index contributed by atoms with van der Waals surface area (Å²) < 4.78 is 35.0. The van der Waals surface area contributed by atoms with Crippen molar-refractivity contribution in [3.05, 3.63) is 39.7 Å². The number of fused-ring (bicyclic) bond motifs is 2. The van der Waals surface area contributed by atoms with Crippen molar-refractivity contribution in [3.63, 3.8) is 0 Å². The van der Waals surface area contributed by atoms with Gasteiger partial charge in [0, 0.05) is 23.3 Å². The van der Waals surface area contributed by atoms with Gasteiger partial charge < -0.3 is 14.5 Å². The molecule has 0 saturated carbocycles. The molecule has 11 heteroatoms. The van der Waals surface area contributed by atoms with Crippen molar-refractivity contribution in [2.75, 3.05) is 5.32 Å². The third kappa shape index (κ3) is 3.74. The second-order valence-corrected chi connectivity index (χ2v) is 7.27. The molecule has 7 nitrogen and oxygen atoms in total. The van der Waals surface area contributed by atoms with E-state index in [0.717, 1.165) is 5.01 Å². The fourth-order valence-electron chi connectivity index (χ4n) is 2.38. The van der Waals surface area contributed by atoms with Crippen LogP contribution in [0.3, 0.4) is 0 Å². The Morgan fingerprint density at radius 2 is 2.15 bits per heavy atom. The highest BCUT2D eigenvalue weighted by atomic mass is 32.2. The molecule has 0 unspecified atom stereocenters. The Kier molecular flexibility index (Phi) is 4.48. The first kappa shape index (κ1) is 17.7. The lowest BCUT2D eigenvalue weighted by molar-refractivity contribution is -0.286. The molecule has 0 fully saturated rings. The Labute approximate surface area is 159 Å². The number of aromatic amines is 1. The molecule has 4 rings (SSSR count). The second-order valence-electron chi connectivity index (χ2n) is 5.43. The number of halogens is 2. The standard InChI is InChI=1S/C16H12F2N4O3S2/c1-2-3-26-7-13-19-10(6-27-13)14(23)22-15-20-8-4-11-12(5-9(8)21-15)25-16(17,18)24-11/h2-6H,7H2,1H3,(H2,20,21,22,23). The number of imidazole rings is 1. The minimum atomic E-state index is -3.69. The Balaban J connectivity index is 1.48. The summed E-state index contributed by atoms with van der Waals surface area (Å²) in [6.45, 7) is 1.93. The molecule has 2 aromatic heterocycles. The molecule has 0 spiro atoms. The summed E-state index contributed by atoms with van der Waals surface area (Å²) in [7, 11) is 0. The Bertz CT molecular complexity index is 1000. The van der Waals surface area contributed by atoms with Gasteiger partial charge in [-0.15, -0.1) is 31.9 Å². The van der Waals surface area contributed by atoms with Crippen molar-refractivity contribution in [2.24, 2.45) is 0 Å². The Morgan fingerprint density at radius 3 is 2.93 bits per heavy atom. The van der Waals surface area contributed by atoms with E-state index in [9.17, 15) is 13.6 Å². The van der Waals surface area contributed by atoms with E-state index >= 15 is 0 Å². The number of thioether (sulfide) groups is 1. The number of allylic oxidation sites excluding steroid dienone is 1. The summed E-state index contributed by atoms with van der Waals surface area (Å²) in [6.07, 6.45) is -1.76. The molecule has 0 bridgehead atoms. The lowest BCUT2D eigenvalue weighted by Crippen LogP contribution is -2.25. The zero-order chi connectivity index (χ0) is 19.0. The minimum Gasteiger partial charge on any atom is -0.395 e. The highest BCUT2D eigenvalue weighted by Crippen LogP contribution is 2.42. The first-order valence-electron chi connectivity index (χ1n) is 7.71. The number of anilines is 1. The van der Waals surface area contributed by atoms with Crippen LogP contribution in [0.1, 0.15) is 22.4 Å². The predicted octanol–water partition coefficient (Wildman–Crippen LogP) is 4.36. The monoisotopic (exact) mass is 410 g/mol. The smallest absolute Gasteiger partial charge is 0.395 e. The van der Waals surface area contributed by atoms with Crippen LogP contribution in [0, 0.1) is 0 Å². The van der Waals surface area contributed by atoms with E-state index in [1.807, 2.05) is 18.4 Å². The summed E-state index contributed by atoms with van der Waals surface area (Å²) in [5.41, 5.74) is 1.06. The SMILES string of the molecule is CC=CSCc1nc(C(=O)Nc2nc3cc4c(cc3[nH]2)OC(F)(F)O4)cs1. The third-order valence-corrected chi connectivity index (χ3v) is 5.40. The molecule has 0 atom stereocenters. The van der Waals surface area contributed by atoms with E-state index in [1.165, 1.54) is 23.5 Å². The molecule has 3 aromatic rings. The number of carbonyl (C=O) groups excluding carboxylic acids is 1. The van der Waals surface area contributed by atoms with Crippen molar-refractivity contribution >= 4 is 46.0 Å². The number of hydrogen-bond acceptors (Lipinski definition) is 7. The molecule has 0 radical (unpaired) electrons. The molecule has 3 heterocycles. The first-order chi connectivity index (χ1) is 12.9. The molecule has 27 heavy (non-hydrogen) atoms. The van der Waals surface area contributed by atoms with E-state index in [0.29, 0.717) is 16.8 Å². The summed E-state index contributed by atoms with van der Waals surface area (Å²) in [6, 6.07) is 2.66. The van der Waals surface area contributed by atoms with Gasteiger partial charge in [0.1, 0.15) is 10.7 Å². The largest absolute Gasteiger partial charge is 0.586 e. The van der Waals surface area contributed by atoms with E-state index < -0.39 is 12.2 Å². The van der Waals surface area contributed by atoms with Crippen LogP contribution in [-0.4, -0.2) is 27.2 Å². The lowest BCUT2D eigenvalue weighted by Gasteiger charge is -2.04. The van der Waals surface area contributed by atoms with Crippen LogP contribution in [0.4, 0.5) is 14.7 Å². The number of carbonyl (C=O) groups is 1. The van der Waals surface area contributed by atoms with Crippen molar-refractivity contribution in [2.45, 2.75) is 19.0 Å². The number of hydrogen-bond donors (Lipinski definition) is 2. The third-order valence-electron chi connectivity index (χ3n) is 3.46. The number of rotatable bonds is 5. The zero-order valence-corrected chi connectivity index (χ0v) is 15.4. The Morgan fingerprint density at radius 1 is 1.37 bits per heavy atom. The second kappa shape index (κ2) is 6.82. The average molecular weight is 410 g/mol. The molecule has 0 saturated heterocycles. The Hall–Kier alpha value is -2.66. The molecular formula is C16H12F2N4O3S2. The topological polar surface area (TPSA) is 89.1 Å². The minimum absolute atomic E-state index is 0.100. The van der Waals surface area contributed by atoms with Crippen LogP contribution in [0.5, 0.6) is 11.5 Å². The van der Waals surface area contributed by atoms with Crippen LogP contribution < -0.4 is 14.8 Å². The highest BCUT2D eigenvalue weighted by molar-refractivity contribution is 8.01. The van der Waals surface area contributed by atoms with Gasteiger partial charge in [-0.1, -0.05) is 6.08 Å². The van der Waals surface area contributed by atoms with Crippen molar-refractivity contribution in [1.82, 2.24) is 15.0 Å². The van der Waals surface area contributed by atoms with Crippen LogP contribution >= 0.6 is 23.1 Å². The van der Waals surface area contributed by atoms with Crippen LogP contribution in [0.25, 0.3) is 11.0 Å². The van der Waals surface area contributed by atoms with Gasteiger partial charge in [0.25, 0.3) is 5.91 Å². The molecule has 1 aliphatic heterocycles. The molecule has 0 aliphatic carbocycles. The lowest BCUT2D eigenvalue weighted by atomic mass is 10.3. The van der Waals surface area contributed by atoms with Crippen molar-refractivity contribution in [3.8, 4) is 11.5 Å². The maximum atomic E-state index is 13.1. The quantitative estimate of drug-likeness (QED) is 0.650. The number of amides is 1. The molecule has 1 aliphatic rings. The first-order valence-corrected chi connectivity index (χ1v) is 9.64. The number of ether oxygens (including phenoxy) is 2. The number of thiazole rings is 1. The summed E-state index contributed by atoms with van der Waals surface area (Å²) in [5, 5.41) is 7.06. The maximum Gasteiger partial charge on any atom is 0.586 e. The highest BCUT2D eigenvalue weighted by Gasteiger charge is 2.43. The van der Waals surface area contributed by atoms with E-state index in [4.69, 9.17) is 0 Å². The van der Waals surface area contributed by atoms with Gasteiger partial charge in [-0.3, -0.25) is 10.1 Å². The van der Waals surface area contributed by atoms with E-state index in [-0.39, 0.29) is 23.1 Å².